The van der Waals surface area contributed by atoms with Gasteiger partial charge in [-0.1, -0.05) is 43.3 Å². The van der Waals surface area contributed by atoms with E-state index >= 15 is 0 Å². The highest BCUT2D eigenvalue weighted by atomic mass is 16.5. The van der Waals surface area contributed by atoms with Crippen molar-refractivity contribution in [3.05, 3.63) is 53.8 Å². The Morgan fingerprint density at radius 1 is 1.15 bits per heavy atom. The Hall–Kier alpha value is -2.96. The predicted octanol–water partition coefficient (Wildman–Crippen LogP) is 3.72. The van der Waals surface area contributed by atoms with Gasteiger partial charge in [0, 0.05) is 18.9 Å². The lowest BCUT2D eigenvalue weighted by atomic mass is 10.1. The Morgan fingerprint density at radius 2 is 1.93 bits per heavy atom. The highest BCUT2D eigenvalue weighted by Gasteiger charge is 2.19. The zero-order valence-corrected chi connectivity index (χ0v) is 16.1. The zero-order chi connectivity index (χ0) is 19.4. The number of pyridine rings is 1. The first-order valence-corrected chi connectivity index (χ1v) is 9.11. The Labute approximate surface area is 158 Å². The summed E-state index contributed by atoms with van der Waals surface area (Å²) in [5.41, 5.74) is 1.75. The van der Waals surface area contributed by atoms with Crippen molar-refractivity contribution in [1.29, 1.82) is 0 Å². The van der Waals surface area contributed by atoms with Crippen LogP contribution in [0.15, 0.2) is 40.9 Å². The van der Waals surface area contributed by atoms with Gasteiger partial charge < -0.3 is 14.7 Å². The number of aromatic nitrogens is 3. The number of fused-ring (bicyclic) bond motifs is 1. The molecule has 142 valence electrons. The maximum absolute atomic E-state index is 12.5. The van der Waals surface area contributed by atoms with E-state index < -0.39 is 0 Å². The van der Waals surface area contributed by atoms with Crippen molar-refractivity contribution >= 4 is 16.9 Å². The maximum Gasteiger partial charge on any atom is 0.318 e. The minimum atomic E-state index is -0.363. The van der Waals surface area contributed by atoms with Gasteiger partial charge >= 0.3 is 6.03 Å². The summed E-state index contributed by atoms with van der Waals surface area (Å²) >= 11 is 0. The van der Waals surface area contributed by atoms with Crippen molar-refractivity contribution in [2.45, 2.75) is 39.8 Å². The van der Waals surface area contributed by atoms with Crippen molar-refractivity contribution in [2.75, 3.05) is 7.05 Å². The Kier molecular flexibility index (Phi) is 5.69. The van der Waals surface area contributed by atoms with Crippen LogP contribution in [0.3, 0.4) is 0 Å². The number of amides is 2. The molecule has 0 saturated carbocycles. The van der Waals surface area contributed by atoms with Crippen molar-refractivity contribution in [1.82, 2.24) is 25.3 Å². The number of carbonyl (C=O) groups excluding carboxylic acids is 1. The largest absolute Gasteiger partial charge is 0.337 e. The summed E-state index contributed by atoms with van der Waals surface area (Å²) in [6, 6.07) is 11.3. The van der Waals surface area contributed by atoms with Crippen LogP contribution in [0.1, 0.15) is 44.2 Å². The molecular formula is C20H25N5O2. The van der Waals surface area contributed by atoms with E-state index in [0.717, 1.165) is 23.0 Å². The summed E-state index contributed by atoms with van der Waals surface area (Å²) in [5, 5.41) is 7.93. The van der Waals surface area contributed by atoms with Gasteiger partial charge in [0.15, 0.2) is 5.82 Å². The Morgan fingerprint density at radius 3 is 2.70 bits per heavy atom. The van der Waals surface area contributed by atoms with E-state index in [-0.39, 0.29) is 12.1 Å². The number of hydrogen-bond acceptors (Lipinski definition) is 5. The average molecular weight is 367 g/mol. The molecule has 0 unspecified atom stereocenters. The molecule has 0 aliphatic carbocycles. The summed E-state index contributed by atoms with van der Waals surface area (Å²) in [6.45, 7) is 6.42. The van der Waals surface area contributed by atoms with E-state index in [9.17, 15) is 4.79 Å². The van der Waals surface area contributed by atoms with Crippen LogP contribution in [0, 0.1) is 5.92 Å². The summed E-state index contributed by atoms with van der Waals surface area (Å²) in [7, 11) is 1.73. The molecule has 0 fully saturated rings. The second kappa shape index (κ2) is 8.16. The highest BCUT2D eigenvalue weighted by Crippen LogP contribution is 2.14. The van der Waals surface area contributed by atoms with Crippen LogP contribution in [0.4, 0.5) is 4.79 Å². The van der Waals surface area contributed by atoms with Gasteiger partial charge in [-0.2, -0.15) is 4.98 Å². The first-order valence-electron chi connectivity index (χ1n) is 9.11. The molecule has 1 N–H and O–H groups in total. The van der Waals surface area contributed by atoms with Crippen LogP contribution in [0.2, 0.25) is 0 Å². The van der Waals surface area contributed by atoms with Crippen LogP contribution in [0.5, 0.6) is 0 Å². The summed E-state index contributed by atoms with van der Waals surface area (Å²) < 4.78 is 5.27. The van der Waals surface area contributed by atoms with E-state index in [1.54, 1.807) is 11.9 Å². The van der Waals surface area contributed by atoms with Crippen LogP contribution < -0.4 is 5.32 Å². The molecule has 2 heterocycles. The first-order chi connectivity index (χ1) is 12.9. The molecule has 0 aliphatic rings. The fourth-order valence-electron chi connectivity index (χ4n) is 2.76. The molecule has 2 aromatic heterocycles. The lowest BCUT2D eigenvalue weighted by molar-refractivity contribution is 0.200. The summed E-state index contributed by atoms with van der Waals surface area (Å²) in [4.78, 5) is 23.0. The van der Waals surface area contributed by atoms with Gasteiger partial charge in [0.25, 0.3) is 0 Å². The van der Waals surface area contributed by atoms with Gasteiger partial charge in [-0.05, 0) is 25.0 Å². The van der Waals surface area contributed by atoms with E-state index in [0.29, 0.717) is 24.2 Å². The topological polar surface area (TPSA) is 84.2 Å². The van der Waals surface area contributed by atoms with Gasteiger partial charge in [-0.25, -0.2) is 4.79 Å². The molecule has 0 bridgehead atoms. The third kappa shape index (κ3) is 4.81. The number of carbonyl (C=O) groups is 1. The number of urea groups is 1. The molecule has 1 atom stereocenters. The normalized spacial score (nSPS) is 12.3. The Balaban J connectivity index is 1.60. The fourth-order valence-corrected chi connectivity index (χ4v) is 2.76. The lowest BCUT2D eigenvalue weighted by Gasteiger charge is -2.19. The number of hydrogen-bond donors (Lipinski definition) is 1. The SMILES string of the molecule is CC(C)Cc1noc([C@@H](C)NC(=O)N(C)Cc2ccc3ccccc3n2)n1. The second-order valence-corrected chi connectivity index (χ2v) is 7.17. The number of para-hydroxylation sites is 1. The number of benzene rings is 1. The molecule has 0 radical (unpaired) electrons. The standard InChI is InChI=1S/C20H25N5O2/c1-13(2)11-18-23-19(27-24-18)14(3)21-20(26)25(4)12-16-10-9-15-7-5-6-8-17(15)22-16/h5-10,13-14H,11-12H2,1-4H3,(H,21,26)/t14-/m1/s1. The zero-order valence-electron chi connectivity index (χ0n) is 16.1. The molecule has 0 spiro atoms. The van der Waals surface area contributed by atoms with E-state index in [2.05, 4.69) is 34.3 Å². The van der Waals surface area contributed by atoms with Crippen molar-refractivity contribution in [3.8, 4) is 0 Å². The van der Waals surface area contributed by atoms with Crippen LogP contribution in [-0.2, 0) is 13.0 Å². The van der Waals surface area contributed by atoms with Gasteiger partial charge in [0.05, 0.1) is 17.8 Å². The third-order valence-corrected chi connectivity index (χ3v) is 4.19. The highest BCUT2D eigenvalue weighted by molar-refractivity contribution is 5.78. The smallest absolute Gasteiger partial charge is 0.318 e. The maximum atomic E-state index is 12.5. The van der Waals surface area contributed by atoms with Gasteiger partial charge in [0.2, 0.25) is 5.89 Å². The number of nitrogens with one attached hydrogen (secondary N) is 1. The summed E-state index contributed by atoms with van der Waals surface area (Å²) in [6.07, 6.45) is 0.748. The fraction of sp³-hybridized carbons (Fsp3) is 0.400. The van der Waals surface area contributed by atoms with E-state index in [4.69, 9.17) is 4.52 Å². The van der Waals surface area contributed by atoms with Gasteiger partial charge in [-0.15, -0.1) is 0 Å². The Bertz CT molecular complexity index is 921. The van der Waals surface area contributed by atoms with Crippen molar-refractivity contribution in [3.63, 3.8) is 0 Å². The van der Waals surface area contributed by atoms with Crippen LogP contribution in [-0.4, -0.2) is 33.1 Å². The van der Waals surface area contributed by atoms with Crippen LogP contribution >= 0.6 is 0 Å². The predicted molar refractivity (Wildman–Crippen MR) is 103 cm³/mol. The third-order valence-electron chi connectivity index (χ3n) is 4.19. The minimum Gasteiger partial charge on any atom is -0.337 e. The number of nitrogens with zero attached hydrogens (tertiary/aromatic N) is 4. The molecule has 7 heteroatoms. The molecule has 3 aromatic rings. The quantitative estimate of drug-likeness (QED) is 0.718. The first kappa shape index (κ1) is 18.8. The minimum absolute atomic E-state index is 0.221. The number of rotatable bonds is 6. The molecule has 27 heavy (non-hydrogen) atoms. The molecule has 0 saturated heterocycles. The van der Waals surface area contributed by atoms with Crippen LogP contribution in [0.25, 0.3) is 10.9 Å². The molecule has 0 aliphatic heterocycles. The molecule has 1 aromatic carbocycles. The summed E-state index contributed by atoms with van der Waals surface area (Å²) in [5.74, 6) is 1.52. The van der Waals surface area contributed by atoms with Gasteiger partial charge in [0.1, 0.15) is 6.04 Å². The molecule has 7 nitrogen and oxygen atoms in total. The van der Waals surface area contributed by atoms with Crippen molar-refractivity contribution < 1.29 is 9.32 Å². The lowest BCUT2D eigenvalue weighted by Crippen LogP contribution is -2.38. The molecule has 2 amide bonds. The average Bonchev–Trinajstić information content (AvgIpc) is 3.09. The van der Waals surface area contributed by atoms with E-state index in [1.165, 1.54) is 0 Å². The second-order valence-electron chi connectivity index (χ2n) is 7.17. The van der Waals surface area contributed by atoms with Crippen molar-refractivity contribution in [2.24, 2.45) is 5.92 Å². The molecular weight excluding hydrogens is 342 g/mol. The van der Waals surface area contributed by atoms with E-state index in [1.807, 2.05) is 43.3 Å². The monoisotopic (exact) mass is 367 g/mol. The van der Waals surface area contributed by atoms with Gasteiger partial charge in [-0.3, -0.25) is 4.98 Å². The molecule has 3 rings (SSSR count).